The molecule has 3 atom stereocenters. The van der Waals surface area contributed by atoms with Gasteiger partial charge >= 0.3 is 0 Å². The van der Waals surface area contributed by atoms with Gasteiger partial charge in [-0.2, -0.15) is 0 Å². The molecular formula is C19H26O2. The second-order valence-electron chi connectivity index (χ2n) is 7.13. The Morgan fingerprint density at radius 1 is 1.48 bits per heavy atom. The molecule has 2 heterocycles. The van der Waals surface area contributed by atoms with Crippen molar-refractivity contribution in [2.75, 3.05) is 0 Å². The summed E-state index contributed by atoms with van der Waals surface area (Å²) in [7, 11) is 0. The molecule has 0 amide bonds. The van der Waals surface area contributed by atoms with Crippen LogP contribution in [0.15, 0.2) is 24.3 Å². The number of aromatic hydroxyl groups is 1. The number of allylic oxidation sites excluding steroid dienone is 1. The summed E-state index contributed by atoms with van der Waals surface area (Å²) in [5.74, 6) is 2.09. The Kier molecular flexibility index (Phi) is 3.51. The first kappa shape index (κ1) is 14.5. The Hall–Kier alpha value is -1.44. The van der Waals surface area contributed by atoms with E-state index in [2.05, 4.69) is 33.4 Å². The van der Waals surface area contributed by atoms with Gasteiger partial charge in [-0.05, 0) is 69.1 Å². The van der Waals surface area contributed by atoms with Crippen LogP contribution in [-0.4, -0.2) is 10.7 Å². The molecule has 114 valence electrons. The highest BCUT2D eigenvalue weighted by molar-refractivity contribution is 5.52. The number of phenolic OH excluding ortho intramolecular Hbond substituents is 1. The number of ether oxygens (including phenoxy) is 1. The molecule has 0 unspecified atom stereocenters. The number of hydrogen-bond donors (Lipinski definition) is 1. The van der Waals surface area contributed by atoms with Crippen molar-refractivity contribution in [3.63, 3.8) is 0 Å². The predicted molar refractivity (Wildman–Crippen MR) is 86.0 cm³/mol. The van der Waals surface area contributed by atoms with Crippen LogP contribution in [0.5, 0.6) is 11.5 Å². The van der Waals surface area contributed by atoms with Gasteiger partial charge in [0.05, 0.1) is 0 Å². The fourth-order valence-electron chi connectivity index (χ4n) is 4.15. The third kappa shape index (κ3) is 2.45. The number of benzene rings is 1. The van der Waals surface area contributed by atoms with Gasteiger partial charge in [-0.25, -0.2) is 0 Å². The van der Waals surface area contributed by atoms with Crippen molar-refractivity contribution in [1.82, 2.24) is 0 Å². The Morgan fingerprint density at radius 3 is 2.90 bits per heavy atom. The summed E-state index contributed by atoms with van der Waals surface area (Å²) in [5.41, 5.74) is 3.27. The smallest absolute Gasteiger partial charge is 0.127 e. The minimum absolute atomic E-state index is 0.122. The molecule has 0 spiro atoms. The van der Waals surface area contributed by atoms with Crippen LogP contribution in [0.2, 0.25) is 0 Å². The maximum atomic E-state index is 10.6. The lowest BCUT2D eigenvalue weighted by Gasteiger charge is -2.38. The molecule has 0 saturated heterocycles. The predicted octanol–water partition coefficient (Wildman–Crippen LogP) is 4.96. The SMILES string of the molecule is C=C(C)[C@H]1C[C@@]2(C)CC[C@H]1c1c(O)cc(CCC)cc1O2. The van der Waals surface area contributed by atoms with E-state index in [0.29, 0.717) is 17.6 Å². The molecule has 2 heteroatoms. The molecule has 1 aliphatic carbocycles. The van der Waals surface area contributed by atoms with Gasteiger partial charge in [0.2, 0.25) is 0 Å². The largest absolute Gasteiger partial charge is 0.508 e. The van der Waals surface area contributed by atoms with Crippen molar-refractivity contribution < 1.29 is 9.84 Å². The zero-order chi connectivity index (χ0) is 15.2. The standard InChI is InChI=1S/C19H26O2/c1-5-6-13-9-16(20)18-14-7-8-19(4,21-17(18)10-13)11-15(14)12(2)3/h9-10,14-15,20H,2,5-8,11H2,1,3-4H3/t14-,15-,19-/m1/s1. The van der Waals surface area contributed by atoms with Crippen LogP contribution in [-0.2, 0) is 6.42 Å². The Labute approximate surface area is 127 Å². The van der Waals surface area contributed by atoms with Gasteiger partial charge in [-0.1, -0.05) is 25.5 Å². The van der Waals surface area contributed by atoms with Gasteiger partial charge in [0, 0.05) is 5.56 Å². The molecule has 2 bridgehead atoms. The lowest BCUT2D eigenvalue weighted by atomic mass is 9.68. The van der Waals surface area contributed by atoms with Gasteiger partial charge in [0.1, 0.15) is 17.1 Å². The van der Waals surface area contributed by atoms with Gasteiger partial charge in [-0.15, -0.1) is 0 Å². The molecule has 0 aromatic heterocycles. The molecule has 1 aromatic rings. The summed E-state index contributed by atoms with van der Waals surface area (Å²) in [5, 5.41) is 10.6. The van der Waals surface area contributed by atoms with Crippen molar-refractivity contribution in [3.8, 4) is 11.5 Å². The Bertz CT molecular complexity index is 575. The first-order valence-corrected chi connectivity index (χ1v) is 8.14. The third-order valence-electron chi connectivity index (χ3n) is 5.20. The fraction of sp³-hybridized carbons (Fsp3) is 0.579. The zero-order valence-electron chi connectivity index (χ0n) is 13.4. The van der Waals surface area contributed by atoms with Gasteiger partial charge in [-0.3, -0.25) is 0 Å². The lowest BCUT2D eigenvalue weighted by Crippen LogP contribution is -2.38. The highest BCUT2D eigenvalue weighted by Gasteiger charge is 2.45. The summed E-state index contributed by atoms with van der Waals surface area (Å²) < 4.78 is 6.38. The van der Waals surface area contributed by atoms with Crippen molar-refractivity contribution in [2.45, 2.75) is 64.4 Å². The van der Waals surface area contributed by atoms with Crippen molar-refractivity contribution in [1.29, 1.82) is 0 Å². The third-order valence-corrected chi connectivity index (χ3v) is 5.20. The van der Waals surface area contributed by atoms with Crippen LogP contribution in [0.25, 0.3) is 0 Å². The van der Waals surface area contributed by atoms with E-state index >= 15 is 0 Å². The lowest BCUT2D eigenvalue weighted by molar-refractivity contribution is 0.0408. The van der Waals surface area contributed by atoms with Gasteiger partial charge in [0.25, 0.3) is 0 Å². The quantitative estimate of drug-likeness (QED) is 0.796. The summed E-state index contributed by atoms with van der Waals surface area (Å²) in [6.45, 7) is 10.7. The molecule has 0 radical (unpaired) electrons. The topological polar surface area (TPSA) is 29.5 Å². The number of hydrogen-bond acceptors (Lipinski definition) is 2. The van der Waals surface area contributed by atoms with Crippen LogP contribution in [0.4, 0.5) is 0 Å². The summed E-state index contributed by atoms with van der Waals surface area (Å²) >= 11 is 0. The minimum atomic E-state index is -0.122. The first-order valence-electron chi connectivity index (χ1n) is 8.14. The first-order chi connectivity index (χ1) is 9.93. The molecule has 2 aliphatic heterocycles. The average Bonchev–Trinajstić information content (AvgIpc) is 2.61. The Morgan fingerprint density at radius 2 is 2.24 bits per heavy atom. The number of rotatable bonds is 3. The van der Waals surface area contributed by atoms with Gasteiger partial charge < -0.3 is 9.84 Å². The van der Waals surface area contributed by atoms with E-state index in [-0.39, 0.29) is 5.60 Å². The molecule has 4 rings (SSSR count). The van der Waals surface area contributed by atoms with Crippen LogP contribution in [0, 0.1) is 5.92 Å². The number of phenols is 1. The molecule has 21 heavy (non-hydrogen) atoms. The van der Waals surface area contributed by atoms with E-state index in [4.69, 9.17) is 4.74 Å². The Balaban J connectivity index is 2.12. The zero-order valence-corrected chi connectivity index (χ0v) is 13.4. The van der Waals surface area contributed by atoms with E-state index < -0.39 is 0 Å². The van der Waals surface area contributed by atoms with E-state index in [1.807, 2.05) is 6.07 Å². The fourth-order valence-corrected chi connectivity index (χ4v) is 4.15. The monoisotopic (exact) mass is 286 g/mol. The minimum Gasteiger partial charge on any atom is -0.508 e. The van der Waals surface area contributed by atoms with Gasteiger partial charge in [0.15, 0.2) is 0 Å². The number of fused-ring (bicyclic) bond motifs is 2. The van der Waals surface area contributed by atoms with Crippen LogP contribution in [0.3, 0.4) is 0 Å². The van der Waals surface area contributed by atoms with E-state index in [1.54, 1.807) is 0 Å². The van der Waals surface area contributed by atoms with Crippen molar-refractivity contribution >= 4 is 0 Å². The molecule has 1 fully saturated rings. The normalized spacial score (nSPS) is 30.4. The molecule has 1 saturated carbocycles. The summed E-state index contributed by atoms with van der Waals surface area (Å²) in [6.07, 6.45) is 5.19. The molecule has 1 N–H and O–H groups in total. The summed E-state index contributed by atoms with van der Waals surface area (Å²) in [4.78, 5) is 0. The van der Waals surface area contributed by atoms with Crippen molar-refractivity contribution in [2.24, 2.45) is 5.92 Å². The highest BCUT2D eigenvalue weighted by Crippen LogP contribution is 2.55. The summed E-state index contributed by atoms with van der Waals surface area (Å²) in [6, 6.07) is 4.08. The maximum absolute atomic E-state index is 10.6. The van der Waals surface area contributed by atoms with E-state index in [9.17, 15) is 5.11 Å². The molecule has 1 aromatic carbocycles. The van der Waals surface area contributed by atoms with Crippen LogP contribution in [0.1, 0.15) is 63.5 Å². The second-order valence-corrected chi connectivity index (χ2v) is 7.13. The molecule has 2 nitrogen and oxygen atoms in total. The van der Waals surface area contributed by atoms with Crippen LogP contribution < -0.4 is 4.74 Å². The van der Waals surface area contributed by atoms with Crippen molar-refractivity contribution in [3.05, 3.63) is 35.4 Å². The van der Waals surface area contributed by atoms with Crippen LogP contribution >= 0.6 is 0 Å². The molecular weight excluding hydrogens is 260 g/mol. The molecule has 3 aliphatic rings. The maximum Gasteiger partial charge on any atom is 0.127 e. The second kappa shape index (κ2) is 5.08. The van der Waals surface area contributed by atoms with E-state index in [0.717, 1.165) is 43.4 Å². The number of aryl methyl sites for hydroxylation is 1. The van der Waals surface area contributed by atoms with E-state index in [1.165, 1.54) is 11.1 Å². The highest BCUT2D eigenvalue weighted by atomic mass is 16.5. The average molecular weight is 286 g/mol.